The Morgan fingerprint density at radius 3 is 2.57 bits per heavy atom. The van der Waals surface area contributed by atoms with Crippen LogP contribution in [0.25, 0.3) is 10.9 Å². The number of rotatable bonds is 7. The first-order valence-corrected chi connectivity index (χ1v) is 13.5. The van der Waals surface area contributed by atoms with Gasteiger partial charge in [-0.2, -0.15) is 0 Å². The number of nitrogens with zero attached hydrogens (tertiary/aromatic N) is 3. The lowest BCUT2D eigenvalue weighted by atomic mass is 9.84. The summed E-state index contributed by atoms with van der Waals surface area (Å²) in [6.07, 6.45) is 11.2. The van der Waals surface area contributed by atoms with Crippen LogP contribution < -0.4 is 10.9 Å². The SMILES string of the molecule is CC.O=C(Nc1ccc(F)cn1)C(CC1CCCCC1)n1cnc2cc(SC3CC3)ccc2c1=O. The highest BCUT2D eigenvalue weighted by molar-refractivity contribution is 8.00. The fraction of sp³-hybridized carbons (Fsp3) is 0.481. The number of carbonyl (C=O) groups is 1. The van der Waals surface area contributed by atoms with Gasteiger partial charge in [0.15, 0.2) is 0 Å². The van der Waals surface area contributed by atoms with Crippen LogP contribution in [0.3, 0.4) is 0 Å². The molecule has 1 amide bonds. The van der Waals surface area contributed by atoms with E-state index in [1.165, 1.54) is 42.3 Å². The molecule has 186 valence electrons. The number of halogens is 1. The molecule has 2 fully saturated rings. The zero-order chi connectivity index (χ0) is 24.8. The van der Waals surface area contributed by atoms with E-state index in [4.69, 9.17) is 0 Å². The van der Waals surface area contributed by atoms with Gasteiger partial charge in [-0.1, -0.05) is 46.0 Å². The fourth-order valence-corrected chi connectivity index (χ4v) is 5.62. The Labute approximate surface area is 209 Å². The summed E-state index contributed by atoms with van der Waals surface area (Å²) in [6.45, 7) is 4.00. The monoisotopic (exact) mass is 496 g/mol. The molecule has 2 saturated carbocycles. The van der Waals surface area contributed by atoms with Crippen molar-refractivity contribution in [3.8, 4) is 0 Å². The molecule has 1 aromatic carbocycles. The van der Waals surface area contributed by atoms with Gasteiger partial charge in [0.05, 0.1) is 23.4 Å². The number of anilines is 1. The maximum atomic E-state index is 13.4. The Balaban J connectivity index is 0.00000141. The number of fused-ring (bicyclic) bond motifs is 1. The lowest BCUT2D eigenvalue weighted by Gasteiger charge is -2.27. The van der Waals surface area contributed by atoms with Crippen LogP contribution in [-0.4, -0.2) is 25.7 Å². The Hall–Kier alpha value is -2.74. The van der Waals surface area contributed by atoms with Crippen LogP contribution in [0.5, 0.6) is 0 Å². The minimum absolute atomic E-state index is 0.217. The number of amides is 1. The molecule has 1 unspecified atom stereocenters. The van der Waals surface area contributed by atoms with Gasteiger partial charge in [0.2, 0.25) is 5.91 Å². The number of aromatic nitrogens is 3. The Kier molecular flexibility index (Phi) is 8.55. The first-order chi connectivity index (χ1) is 17.1. The normalized spacial score (nSPS) is 16.9. The zero-order valence-corrected chi connectivity index (χ0v) is 21.2. The molecule has 1 atom stereocenters. The molecule has 0 radical (unpaired) electrons. The molecule has 2 heterocycles. The van der Waals surface area contributed by atoms with E-state index in [0.29, 0.717) is 28.5 Å². The third-order valence-electron chi connectivity index (χ3n) is 6.48. The molecule has 3 aromatic rings. The highest BCUT2D eigenvalue weighted by atomic mass is 32.2. The number of benzene rings is 1. The van der Waals surface area contributed by atoms with Crippen LogP contribution in [-0.2, 0) is 4.79 Å². The van der Waals surface area contributed by atoms with Crippen LogP contribution in [0.4, 0.5) is 10.2 Å². The first-order valence-electron chi connectivity index (χ1n) is 12.7. The molecule has 0 aliphatic heterocycles. The average molecular weight is 497 g/mol. The van der Waals surface area contributed by atoms with Gasteiger partial charge in [-0.15, -0.1) is 11.8 Å². The Morgan fingerprint density at radius 1 is 1.11 bits per heavy atom. The standard InChI is InChI=1S/C25H27FN4O2S.C2H6/c26-17-6-11-23(27-14-17)29-24(31)22(12-16-4-2-1-3-5-16)30-15-28-21-13-19(33-18-7-8-18)9-10-20(21)25(30)32;1-2/h6,9-11,13-16,18,22H,1-5,7-8,12H2,(H,27,29,31);1-2H3. The number of pyridine rings is 1. The molecule has 2 aliphatic carbocycles. The van der Waals surface area contributed by atoms with Crippen LogP contribution in [0.15, 0.2) is 52.5 Å². The second-order valence-corrected chi connectivity index (χ2v) is 10.4. The number of hydrogen-bond acceptors (Lipinski definition) is 5. The van der Waals surface area contributed by atoms with Gasteiger partial charge >= 0.3 is 0 Å². The third-order valence-corrected chi connectivity index (χ3v) is 7.81. The van der Waals surface area contributed by atoms with E-state index in [1.807, 2.05) is 43.8 Å². The summed E-state index contributed by atoms with van der Waals surface area (Å²) in [5.41, 5.74) is 0.435. The van der Waals surface area contributed by atoms with Crippen LogP contribution in [0.2, 0.25) is 0 Å². The molecular formula is C27H33FN4O2S. The summed E-state index contributed by atoms with van der Waals surface area (Å²) in [6, 6.07) is 7.72. The van der Waals surface area contributed by atoms with E-state index in [0.717, 1.165) is 36.8 Å². The third kappa shape index (κ3) is 6.48. The predicted molar refractivity (Wildman–Crippen MR) is 139 cm³/mol. The summed E-state index contributed by atoms with van der Waals surface area (Å²) in [4.78, 5) is 36.3. The van der Waals surface area contributed by atoms with Crippen molar-refractivity contribution in [1.29, 1.82) is 0 Å². The molecule has 1 N–H and O–H groups in total. The van der Waals surface area contributed by atoms with E-state index in [2.05, 4.69) is 15.3 Å². The zero-order valence-electron chi connectivity index (χ0n) is 20.4. The molecule has 0 bridgehead atoms. The second-order valence-electron chi connectivity index (χ2n) is 9.06. The van der Waals surface area contributed by atoms with Crippen molar-refractivity contribution in [2.24, 2.45) is 5.92 Å². The molecule has 5 rings (SSSR count). The van der Waals surface area contributed by atoms with Crippen molar-refractivity contribution >= 4 is 34.4 Å². The molecule has 2 aliphatic rings. The van der Waals surface area contributed by atoms with Crippen molar-refractivity contribution in [3.05, 3.63) is 59.0 Å². The van der Waals surface area contributed by atoms with Crippen LogP contribution in [0, 0.1) is 11.7 Å². The molecule has 2 aromatic heterocycles. The second kappa shape index (κ2) is 11.8. The van der Waals surface area contributed by atoms with Gasteiger partial charge in [-0.25, -0.2) is 14.4 Å². The molecule has 6 nitrogen and oxygen atoms in total. The lowest BCUT2D eigenvalue weighted by Crippen LogP contribution is -2.35. The van der Waals surface area contributed by atoms with E-state index < -0.39 is 11.9 Å². The highest BCUT2D eigenvalue weighted by Gasteiger charge is 2.28. The molecule has 0 spiro atoms. The van der Waals surface area contributed by atoms with Gasteiger partial charge in [-0.3, -0.25) is 14.2 Å². The maximum Gasteiger partial charge on any atom is 0.261 e. The number of nitrogens with one attached hydrogen (secondary N) is 1. The highest BCUT2D eigenvalue weighted by Crippen LogP contribution is 2.39. The summed E-state index contributed by atoms with van der Waals surface area (Å²) >= 11 is 1.82. The van der Waals surface area contributed by atoms with Gasteiger partial charge in [0, 0.05) is 10.1 Å². The first kappa shape index (κ1) is 25.4. The minimum Gasteiger partial charge on any atom is -0.309 e. The van der Waals surface area contributed by atoms with E-state index >= 15 is 0 Å². The molecular weight excluding hydrogens is 463 g/mol. The molecule has 0 saturated heterocycles. The van der Waals surface area contributed by atoms with Gasteiger partial charge in [-0.05, 0) is 55.5 Å². The predicted octanol–water partition coefficient (Wildman–Crippen LogP) is 6.36. The lowest BCUT2D eigenvalue weighted by molar-refractivity contribution is -0.120. The van der Waals surface area contributed by atoms with Crippen molar-refractivity contribution in [2.45, 2.75) is 81.4 Å². The average Bonchev–Trinajstić information content (AvgIpc) is 3.70. The number of carbonyl (C=O) groups excluding carboxylic acids is 1. The minimum atomic E-state index is -0.704. The summed E-state index contributed by atoms with van der Waals surface area (Å²) in [5, 5.41) is 3.95. The van der Waals surface area contributed by atoms with Crippen LogP contribution in [0.1, 0.15) is 71.3 Å². The quantitative estimate of drug-likeness (QED) is 0.412. The van der Waals surface area contributed by atoms with Crippen molar-refractivity contribution in [2.75, 3.05) is 5.32 Å². The van der Waals surface area contributed by atoms with Gasteiger partial charge < -0.3 is 5.32 Å². The maximum absolute atomic E-state index is 13.4. The Morgan fingerprint density at radius 2 is 1.89 bits per heavy atom. The van der Waals surface area contributed by atoms with Crippen LogP contribution >= 0.6 is 11.8 Å². The Bertz CT molecular complexity index is 1200. The topological polar surface area (TPSA) is 76.9 Å². The van der Waals surface area contributed by atoms with E-state index in [-0.39, 0.29) is 17.3 Å². The number of hydrogen-bond donors (Lipinski definition) is 1. The molecule has 8 heteroatoms. The fourth-order valence-electron chi connectivity index (χ4n) is 4.53. The largest absolute Gasteiger partial charge is 0.309 e. The molecule has 35 heavy (non-hydrogen) atoms. The summed E-state index contributed by atoms with van der Waals surface area (Å²) < 4.78 is 14.7. The summed E-state index contributed by atoms with van der Waals surface area (Å²) in [7, 11) is 0. The van der Waals surface area contributed by atoms with Crippen molar-refractivity contribution in [3.63, 3.8) is 0 Å². The van der Waals surface area contributed by atoms with Crippen molar-refractivity contribution in [1.82, 2.24) is 14.5 Å². The van der Waals surface area contributed by atoms with E-state index in [1.54, 1.807) is 0 Å². The summed E-state index contributed by atoms with van der Waals surface area (Å²) in [5.74, 6) is -0.168. The van der Waals surface area contributed by atoms with Gasteiger partial charge in [0.25, 0.3) is 5.56 Å². The van der Waals surface area contributed by atoms with Crippen molar-refractivity contribution < 1.29 is 9.18 Å². The van der Waals surface area contributed by atoms with E-state index in [9.17, 15) is 14.0 Å². The number of thioether (sulfide) groups is 1. The van der Waals surface area contributed by atoms with Gasteiger partial charge in [0.1, 0.15) is 17.7 Å². The smallest absolute Gasteiger partial charge is 0.261 e.